The van der Waals surface area contributed by atoms with Crippen molar-refractivity contribution in [3.8, 4) is 17.1 Å². The molecule has 9 heteroatoms. The second kappa shape index (κ2) is 7.86. The van der Waals surface area contributed by atoms with Gasteiger partial charge in [0.2, 0.25) is 0 Å². The Morgan fingerprint density at radius 3 is 2.33 bits per heavy atom. The summed E-state index contributed by atoms with van der Waals surface area (Å²) in [5.41, 5.74) is 2.25. The number of aryl methyl sites for hydroxylation is 2. The van der Waals surface area contributed by atoms with Gasteiger partial charge in [-0.3, -0.25) is 4.79 Å². The zero-order valence-corrected chi connectivity index (χ0v) is 20.2. The molecule has 5 aromatic rings. The lowest BCUT2D eigenvalue weighted by molar-refractivity contribution is 0.589. The molecule has 0 saturated heterocycles. The van der Waals surface area contributed by atoms with Gasteiger partial charge in [-0.25, -0.2) is 17.1 Å². The lowest BCUT2D eigenvalue weighted by Gasteiger charge is -2.14. The lowest BCUT2D eigenvalue weighted by atomic mass is 10.2. The number of hydrogen-bond acceptors (Lipinski definition) is 4. The van der Waals surface area contributed by atoms with E-state index in [0.29, 0.717) is 21.2 Å². The van der Waals surface area contributed by atoms with Crippen molar-refractivity contribution in [1.82, 2.24) is 18.3 Å². The molecule has 0 N–H and O–H groups in total. The van der Waals surface area contributed by atoms with Crippen molar-refractivity contribution >= 4 is 36.9 Å². The number of halogens is 1. The molecule has 2 aromatic carbocycles. The molecule has 7 nitrogen and oxygen atoms in total. The molecule has 5 rings (SSSR count). The molecule has 0 bridgehead atoms. The van der Waals surface area contributed by atoms with Gasteiger partial charge >= 0.3 is 0 Å². The predicted octanol–water partition coefficient (Wildman–Crippen LogP) is 4.50. The van der Waals surface area contributed by atoms with E-state index in [0.717, 1.165) is 15.2 Å². The topological polar surface area (TPSA) is 78.9 Å². The highest BCUT2D eigenvalue weighted by Crippen LogP contribution is 2.34. The summed E-state index contributed by atoms with van der Waals surface area (Å²) in [5.74, 6) is 0. The Hall–Kier alpha value is -3.43. The smallest absolute Gasteiger partial charge is 0.275 e. The number of pyridine rings is 1. The third-order valence-corrected chi connectivity index (χ3v) is 7.87. The van der Waals surface area contributed by atoms with Crippen LogP contribution in [0, 0.1) is 6.92 Å². The summed E-state index contributed by atoms with van der Waals surface area (Å²) in [4.78, 5) is 13.3. The van der Waals surface area contributed by atoms with Crippen LogP contribution in [0.5, 0.6) is 0 Å². The maximum absolute atomic E-state index is 13.9. The Morgan fingerprint density at radius 1 is 0.939 bits per heavy atom. The molecule has 0 atom stereocenters. The molecule has 0 aliphatic heterocycles. The summed E-state index contributed by atoms with van der Waals surface area (Å²) in [6.45, 7) is 1.89. The first-order valence-electron chi connectivity index (χ1n) is 10.1. The first kappa shape index (κ1) is 21.4. The van der Waals surface area contributed by atoms with Crippen molar-refractivity contribution in [2.45, 2.75) is 11.8 Å². The van der Waals surface area contributed by atoms with Gasteiger partial charge in [0.1, 0.15) is 5.52 Å². The number of rotatable bonds is 4. The Labute approximate surface area is 198 Å². The highest BCUT2D eigenvalue weighted by molar-refractivity contribution is 9.10. The highest BCUT2D eigenvalue weighted by atomic mass is 79.9. The van der Waals surface area contributed by atoms with E-state index in [-0.39, 0.29) is 10.4 Å². The molecule has 166 valence electrons. The number of hydrogen-bond donors (Lipinski definition) is 0. The zero-order chi connectivity index (χ0) is 23.3. The van der Waals surface area contributed by atoms with Crippen LogP contribution in [0.3, 0.4) is 0 Å². The molecule has 0 radical (unpaired) electrons. The fraction of sp³-hybridized carbons (Fsp3) is 0.0833. The molecular formula is C24H19BrN4O3S. The number of aromatic nitrogens is 4. The zero-order valence-electron chi connectivity index (χ0n) is 17.8. The average molecular weight is 523 g/mol. The Morgan fingerprint density at radius 2 is 1.64 bits per heavy atom. The third kappa shape index (κ3) is 3.44. The van der Waals surface area contributed by atoms with Crippen LogP contribution in [-0.2, 0) is 17.1 Å². The minimum Gasteiger partial charge on any atom is -0.316 e. The van der Waals surface area contributed by atoms with Crippen LogP contribution in [0.15, 0.2) is 93.3 Å². The van der Waals surface area contributed by atoms with Gasteiger partial charge in [0.15, 0.2) is 0 Å². The number of para-hydroxylation sites is 1. The molecule has 0 aliphatic rings. The van der Waals surface area contributed by atoms with Crippen molar-refractivity contribution < 1.29 is 8.42 Å². The van der Waals surface area contributed by atoms with Crippen LogP contribution in [-0.4, -0.2) is 26.7 Å². The fourth-order valence-electron chi connectivity index (χ4n) is 3.86. The van der Waals surface area contributed by atoms with Gasteiger partial charge in [-0.05, 0) is 59.3 Å². The van der Waals surface area contributed by atoms with Crippen LogP contribution >= 0.6 is 15.9 Å². The first-order valence-corrected chi connectivity index (χ1v) is 12.3. The second-order valence-corrected chi connectivity index (χ2v) is 10.4. The molecule has 0 saturated carbocycles. The summed E-state index contributed by atoms with van der Waals surface area (Å²) >= 11 is 3.50. The van der Waals surface area contributed by atoms with Gasteiger partial charge in [0.05, 0.1) is 28.2 Å². The van der Waals surface area contributed by atoms with Crippen molar-refractivity contribution in [2.24, 2.45) is 7.05 Å². The number of nitrogens with zero attached hydrogens (tertiary/aromatic N) is 4. The Kier molecular flexibility index (Phi) is 5.10. The van der Waals surface area contributed by atoms with Gasteiger partial charge in [-0.2, -0.15) is 5.10 Å². The maximum atomic E-state index is 13.9. The van der Waals surface area contributed by atoms with E-state index in [4.69, 9.17) is 0 Å². The lowest BCUT2D eigenvalue weighted by Crippen LogP contribution is -2.23. The van der Waals surface area contributed by atoms with E-state index in [1.807, 2.05) is 37.3 Å². The Bertz CT molecular complexity index is 1670. The first-order chi connectivity index (χ1) is 15.8. The van der Waals surface area contributed by atoms with Crippen LogP contribution in [0.25, 0.3) is 28.0 Å². The van der Waals surface area contributed by atoms with Crippen molar-refractivity contribution in [1.29, 1.82) is 0 Å². The predicted molar refractivity (Wildman–Crippen MR) is 131 cm³/mol. The monoisotopic (exact) mass is 522 g/mol. The van der Waals surface area contributed by atoms with Gasteiger partial charge in [-0.15, -0.1) is 0 Å². The molecule has 3 aromatic heterocycles. The molecule has 0 spiro atoms. The number of fused-ring (bicyclic) bond motifs is 1. The molecule has 0 unspecified atom stereocenters. The van der Waals surface area contributed by atoms with E-state index in [9.17, 15) is 13.2 Å². The van der Waals surface area contributed by atoms with Crippen LogP contribution < -0.4 is 5.56 Å². The van der Waals surface area contributed by atoms with Gasteiger partial charge < -0.3 is 4.57 Å². The molecule has 33 heavy (non-hydrogen) atoms. The van der Waals surface area contributed by atoms with Crippen molar-refractivity contribution in [3.05, 3.63) is 99.5 Å². The molecule has 0 aliphatic carbocycles. The Balaban J connectivity index is 1.90. The molecule has 3 heterocycles. The van der Waals surface area contributed by atoms with E-state index < -0.39 is 15.6 Å². The third-order valence-electron chi connectivity index (χ3n) is 5.51. The van der Waals surface area contributed by atoms with Gasteiger partial charge in [0, 0.05) is 23.1 Å². The summed E-state index contributed by atoms with van der Waals surface area (Å²) in [7, 11) is -2.52. The van der Waals surface area contributed by atoms with Crippen molar-refractivity contribution in [3.63, 3.8) is 0 Å². The fourth-order valence-corrected chi connectivity index (χ4v) is 5.98. The SMILES string of the molecule is Cc1ccc(S(=O)(=O)n2c(-c3ccnn3-c3ccccc3)cc3c(Br)cn(C)c(=O)c32)cc1. The molecule has 0 amide bonds. The van der Waals surface area contributed by atoms with E-state index in [1.54, 1.807) is 60.5 Å². The standard InChI is InChI=1S/C24H19BrN4O3S/c1-16-8-10-18(11-9-16)33(31,32)29-22(14-19-20(25)15-27(2)24(30)23(19)29)21-12-13-26-28(21)17-6-4-3-5-7-17/h3-15H,1-2H3. The normalized spacial score (nSPS) is 11.8. The van der Waals surface area contributed by atoms with Crippen LogP contribution in [0.4, 0.5) is 0 Å². The second-order valence-electron chi connectivity index (χ2n) is 7.73. The summed E-state index contributed by atoms with van der Waals surface area (Å²) < 4.78 is 32.6. The average Bonchev–Trinajstić information content (AvgIpc) is 3.44. The van der Waals surface area contributed by atoms with E-state index in [2.05, 4.69) is 21.0 Å². The van der Waals surface area contributed by atoms with Gasteiger partial charge in [-0.1, -0.05) is 35.9 Å². The quantitative estimate of drug-likeness (QED) is 0.348. The minimum atomic E-state index is -4.11. The maximum Gasteiger partial charge on any atom is 0.275 e. The minimum absolute atomic E-state index is 0.0725. The highest BCUT2D eigenvalue weighted by Gasteiger charge is 2.28. The molecular weight excluding hydrogens is 504 g/mol. The van der Waals surface area contributed by atoms with Crippen LogP contribution in [0.1, 0.15) is 5.56 Å². The largest absolute Gasteiger partial charge is 0.316 e. The number of benzene rings is 2. The summed E-state index contributed by atoms with van der Waals surface area (Å²) in [6.07, 6.45) is 3.24. The summed E-state index contributed by atoms with van der Waals surface area (Å²) in [6, 6.07) is 19.4. The van der Waals surface area contributed by atoms with Crippen LogP contribution in [0.2, 0.25) is 0 Å². The van der Waals surface area contributed by atoms with Crippen molar-refractivity contribution in [2.75, 3.05) is 0 Å². The van der Waals surface area contributed by atoms with Gasteiger partial charge in [0.25, 0.3) is 15.6 Å². The van der Waals surface area contributed by atoms with E-state index >= 15 is 0 Å². The van der Waals surface area contributed by atoms with E-state index in [1.165, 1.54) is 4.57 Å². The summed E-state index contributed by atoms with van der Waals surface area (Å²) in [5, 5.41) is 4.92. The molecule has 0 fully saturated rings.